The smallest absolute Gasteiger partial charge is 0.241 e. The SMILES string of the molecule is Cc1cc(C(C)(C)C)ccc1S(=O)(=O)NCc1ccccn1. The van der Waals surface area contributed by atoms with Crippen LogP contribution in [0.15, 0.2) is 47.5 Å². The fourth-order valence-corrected chi connectivity index (χ4v) is 3.39. The molecule has 0 saturated carbocycles. The van der Waals surface area contributed by atoms with Crippen LogP contribution in [0.2, 0.25) is 0 Å². The second-order valence-corrected chi connectivity index (χ2v) is 8.11. The van der Waals surface area contributed by atoms with Crippen LogP contribution in [0.3, 0.4) is 0 Å². The van der Waals surface area contributed by atoms with Crippen LogP contribution < -0.4 is 4.72 Å². The van der Waals surface area contributed by atoms with E-state index in [0.717, 1.165) is 11.1 Å². The van der Waals surface area contributed by atoms with E-state index in [2.05, 4.69) is 30.5 Å². The number of nitrogens with zero attached hydrogens (tertiary/aromatic N) is 1. The molecule has 0 unspecified atom stereocenters. The summed E-state index contributed by atoms with van der Waals surface area (Å²) < 4.78 is 27.5. The normalized spacial score (nSPS) is 12.4. The van der Waals surface area contributed by atoms with Crippen LogP contribution in [0.1, 0.15) is 37.6 Å². The lowest BCUT2D eigenvalue weighted by atomic mass is 9.86. The van der Waals surface area contributed by atoms with Gasteiger partial charge < -0.3 is 0 Å². The third-order valence-corrected chi connectivity index (χ3v) is 5.06. The molecule has 0 spiro atoms. The summed E-state index contributed by atoms with van der Waals surface area (Å²) in [6.45, 7) is 8.33. The molecule has 5 heteroatoms. The van der Waals surface area contributed by atoms with Crippen molar-refractivity contribution >= 4 is 10.0 Å². The predicted molar refractivity (Wildman–Crippen MR) is 88.1 cm³/mol. The van der Waals surface area contributed by atoms with Gasteiger partial charge in [-0.1, -0.05) is 39.0 Å². The van der Waals surface area contributed by atoms with E-state index in [0.29, 0.717) is 10.6 Å². The van der Waals surface area contributed by atoms with Gasteiger partial charge in [0.2, 0.25) is 10.0 Å². The fourth-order valence-electron chi connectivity index (χ4n) is 2.17. The van der Waals surface area contributed by atoms with Gasteiger partial charge in [0.05, 0.1) is 17.1 Å². The van der Waals surface area contributed by atoms with E-state index in [4.69, 9.17) is 0 Å². The zero-order valence-corrected chi connectivity index (χ0v) is 14.2. The fraction of sp³-hybridized carbons (Fsp3) is 0.353. The van der Waals surface area contributed by atoms with Crippen LogP contribution in [0.5, 0.6) is 0 Å². The minimum absolute atomic E-state index is 0.00552. The molecule has 0 fully saturated rings. The Kier molecular flexibility index (Phi) is 4.68. The Morgan fingerprint density at radius 2 is 1.86 bits per heavy atom. The van der Waals surface area contributed by atoms with Crippen molar-refractivity contribution in [2.24, 2.45) is 0 Å². The average Bonchev–Trinajstić information content (AvgIpc) is 2.45. The summed E-state index contributed by atoms with van der Waals surface area (Å²) in [4.78, 5) is 4.43. The number of pyridine rings is 1. The molecule has 118 valence electrons. The molecule has 0 atom stereocenters. The maximum atomic E-state index is 12.4. The predicted octanol–water partition coefficient (Wildman–Crippen LogP) is 3.17. The lowest BCUT2D eigenvalue weighted by Gasteiger charge is -2.20. The maximum absolute atomic E-state index is 12.4. The van der Waals surface area contributed by atoms with Crippen LogP contribution in [-0.4, -0.2) is 13.4 Å². The van der Waals surface area contributed by atoms with Gasteiger partial charge in [0, 0.05) is 6.20 Å². The molecule has 0 bridgehead atoms. The first-order chi connectivity index (χ1) is 10.2. The molecule has 1 aromatic heterocycles. The summed E-state index contributed by atoms with van der Waals surface area (Å²) in [5.41, 5.74) is 2.55. The number of hydrogen-bond acceptors (Lipinski definition) is 3. The van der Waals surface area contributed by atoms with Crippen molar-refractivity contribution in [3.05, 3.63) is 59.4 Å². The average molecular weight is 318 g/mol. The lowest BCUT2D eigenvalue weighted by molar-refractivity contribution is 0.576. The minimum atomic E-state index is -3.54. The summed E-state index contributed by atoms with van der Waals surface area (Å²) in [6, 6.07) is 10.9. The number of hydrogen-bond donors (Lipinski definition) is 1. The second kappa shape index (κ2) is 6.18. The van der Waals surface area contributed by atoms with E-state index in [1.54, 1.807) is 24.4 Å². The van der Waals surface area contributed by atoms with Crippen molar-refractivity contribution in [1.82, 2.24) is 9.71 Å². The van der Waals surface area contributed by atoms with Gasteiger partial charge in [0.15, 0.2) is 0 Å². The third-order valence-electron chi connectivity index (χ3n) is 3.50. The Balaban J connectivity index is 2.23. The highest BCUT2D eigenvalue weighted by atomic mass is 32.2. The Hall–Kier alpha value is -1.72. The quantitative estimate of drug-likeness (QED) is 0.942. The van der Waals surface area contributed by atoms with Gasteiger partial charge in [-0.2, -0.15) is 0 Å². The van der Waals surface area contributed by atoms with Crippen molar-refractivity contribution < 1.29 is 8.42 Å². The molecule has 1 heterocycles. The zero-order valence-electron chi connectivity index (χ0n) is 13.4. The molecule has 2 aromatic rings. The molecule has 22 heavy (non-hydrogen) atoms. The largest absolute Gasteiger partial charge is 0.260 e. The summed E-state index contributed by atoms with van der Waals surface area (Å²) >= 11 is 0. The third kappa shape index (κ3) is 3.93. The number of aryl methyl sites for hydroxylation is 1. The summed E-state index contributed by atoms with van der Waals surface area (Å²) in [6.07, 6.45) is 1.65. The zero-order chi connectivity index (χ0) is 16.4. The van der Waals surface area contributed by atoms with Crippen molar-refractivity contribution in [2.45, 2.75) is 44.6 Å². The maximum Gasteiger partial charge on any atom is 0.241 e. The molecule has 0 aliphatic carbocycles. The molecule has 0 aliphatic rings. The molecule has 0 saturated heterocycles. The number of rotatable bonds is 4. The van der Waals surface area contributed by atoms with Gasteiger partial charge in [-0.05, 0) is 41.7 Å². The minimum Gasteiger partial charge on any atom is -0.260 e. The first kappa shape index (κ1) is 16.6. The molecular weight excluding hydrogens is 296 g/mol. The highest BCUT2D eigenvalue weighted by Gasteiger charge is 2.20. The molecule has 0 radical (unpaired) electrons. The Labute approximate surface area is 132 Å². The van der Waals surface area contributed by atoms with E-state index < -0.39 is 10.0 Å². The Morgan fingerprint density at radius 1 is 1.14 bits per heavy atom. The molecule has 4 nitrogen and oxygen atoms in total. The van der Waals surface area contributed by atoms with Gasteiger partial charge in [0.1, 0.15) is 0 Å². The van der Waals surface area contributed by atoms with E-state index in [1.165, 1.54) is 0 Å². The lowest BCUT2D eigenvalue weighted by Crippen LogP contribution is -2.24. The van der Waals surface area contributed by atoms with Crippen LogP contribution in [0.25, 0.3) is 0 Å². The monoisotopic (exact) mass is 318 g/mol. The Bertz CT molecular complexity index is 748. The van der Waals surface area contributed by atoms with Crippen LogP contribution >= 0.6 is 0 Å². The first-order valence-corrected chi connectivity index (χ1v) is 8.69. The summed E-state index contributed by atoms with van der Waals surface area (Å²) in [5, 5.41) is 0. The molecule has 1 N–H and O–H groups in total. The summed E-state index contributed by atoms with van der Waals surface area (Å²) in [5.74, 6) is 0. The number of aromatic nitrogens is 1. The molecule has 0 aliphatic heterocycles. The summed E-state index contributed by atoms with van der Waals surface area (Å²) in [7, 11) is -3.54. The molecular formula is C17H22N2O2S. The van der Waals surface area contributed by atoms with E-state index in [-0.39, 0.29) is 12.0 Å². The van der Waals surface area contributed by atoms with Crippen LogP contribution in [0, 0.1) is 6.92 Å². The van der Waals surface area contributed by atoms with Gasteiger partial charge in [0.25, 0.3) is 0 Å². The van der Waals surface area contributed by atoms with Gasteiger partial charge in [-0.15, -0.1) is 0 Å². The molecule has 0 amide bonds. The number of benzene rings is 1. The van der Waals surface area contributed by atoms with E-state index >= 15 is 0 Å². The standard InChI is InChI=1S/C17H22N2O2S/c1-13-11-14(17(2,3)4)8-9-16(13)22(20,21)19-12-15-7-5-6-10-18-15/h5-11,19H,12H2,1-4H3. The molecule has 1 aromatic carbocycles. The van der Waals surface area contributed by atoms with E-state index in [1.807, 2.05) is 25.1 Å². The second-order valence-electron chi connectivity index (χ2n) is 6.38. The van der Waals surface area contributed by atoms with Crippen LogP contribution in [0.4, 0.5) is 0 Å². The van der Waals surface area contributed by atoms with Crippen LogP contribution in [-0.2, 0) is 22.0 Å². The molecule has 2 rings (SSSR count). The first-order valence-electron chi connectivity index (χ1n) is 7.21. The van der Waals surface area contributed by atoms with Gasteiger partial charge in [-0.3, -0.25) is 4.98 Å². The van der Waals surface area contributed by atoms with E-state index in [9.17, 15) is 8.42 Å². The topological polar surface area (TPSA) is 59.1 Å². The van der Waals surface area contributed by atoms with Crippen molar-refractivity contribution in [2.75, 3.05) is 0 Å². The van der Waals surface area contributed by atoms with Crippen molar-refractivity contribution in [3.8, 4) is 0 Å². The van der Waals surface area contributed by atoms with Crippen molar-refractivity contribution in [1.29, 1.82) is 0 Å². The van der Waals surface area contributed by atoms with Gasteiger partial charge >= 0.3 is 0 Å². The van der Waals surface area contributed by atoms with Crippen molar-refractivity contribution in [3.63, 3.8) is 0 Å². The highest BCUT2D eigenvalue weighted by molar-refractivity contribution is 7.89. The highest BCUT2D eigenvalue weighted by Crippen LogP contribution is 2.26. The van der Waals surface area contributed by atoms with Gasteiger partial charge in [-0.25, -0.2) is 13.1 Å². The number of nitrogens with one attached hydrogen (secondary N) is 1. The Morgan fingerprint density at radius 3 is 2.41 bits per heavy atom. The number of sulfonamides is 1.